The highest BCUT2D eigenvalue weighted by molar-refractivity contribution is 5.98. The smallest absolute Gasteiger partial charge is 0.310 e. The van der Waals surface area contributed by atoms with E-state index in [0.29, 0.717) is 25.9 Å². The van der Waals surface area contributed by atoms with Crippen LogP contribution in [-0.4, -0.2) is 82.7 Å². The van der Waals surface area contributed by atoms with Crippen LogP contribution >= 0.6 is 0 Å². The van der Waals surface area contributed by atoms with Crippen LogP contribution in [-0.2, 0) is 19.1 Å². The lowest BCUT2D eigenvalue weighted by Gasteiger charge is -2.35. The van der Waals surface area contributed by atoms with Crippen LogP contribution in [0.25, 0.3) is 0 Å². The number of carboxylic acid groups (broad SMARTS) is 1. The molecule has 1 aliphatic carbocycles. The van der Waals surface area contributed by atoms with E-state index in [4.69, 9.17) is 4.74 Å². The molecular formula is C22H35N3O5. The maximum Gasteiger partial charge on any atom is 0.310 e. The molecule has 4 aliphatic rings. The third-order valence-corrected chi connectivity index (χ3v) is 7.84. The van der Waals surface area contributed by atoms with Gasteiger partial charge >= 0.3 is 5.97 Å². The average Bonchev–Trinajstić information content (AvgIpc) is 3.37. The van der Waals surface area contributed by atoms with Crippen LogP contribution in [0.4, 0.5) is 0 Å². The number of carboxylic acids is 1. The molecule has 0 radical (unpaired) electrons. The molecule has 1 saturated carbocycles. The van der Waals surface area contributed by atoms with Crippen LogP contribution in [0.5, 0.6) is 0 Å². The van der Waals surface area contributed by atoms with Crippen molar-refractivity contribution in [2.24, 2.45) is 11.8 Å². The van der Waals surface area contributed by atoms with E-state index in [0.717, 1.165) is 38.8 Å². The van der Waals surface area contributed by atoms with Gasteiger partial charge in [0.2, 0.25) is 11.8 Å². The third-order valence-electron chi connectivity index (χ3n) is 7.84. The lowest BCUT2D eigenvalue weighted by molar-refractivity contribution is -0.149. The number of amides is 2. The van der Waals surface area contributed by atoms with Gasteiger partial charge in [0.15, 0.2) is 0 Å². The van der Waals surface area contributed by atoms with E-state index in [1.54, 1.807) is 4.90 Å². The lowest BCUT2D eigenvalue weighted by atomic mass is 9.71. The van der Waals surface area contributed by atoms with Crippen LogP contribution in [0.2, 0.25) is 0 Å². The second-order valence-electron chi connectivity index (χ2n) is 9.30. The van der Waals surface area contributed by atoms with Gasteiger partial charge in [-0.2, -0.15) is 0 Å². The number of carbonyl (C=O) groups is 3. The summed E-state index contributed by atoms with van der Waals surface area (Å²) in [5.74, 6) is -2.98. The number of hydrogen-bond donors (Lipinski definition) is 2. The van der Waals surface area contributed by atoms with Gasteiger partial charge in [0, 0.05) is 19.1 Å². The minimum atomic E-state index is -0.993. The van der Waals surface area contributed by atoms with Crippen molar-refractivity contribution in [3.8, 4) is 0 Å². The Bertz CT molecular complexity index is 690. The number of hydrogen-bond acceptors (Lipinski definition) is 5. The Balaban J connectivity index is 1.61. The maximum absolute atomic E-state index is 13.5. The molecule has 0 aromatic heterocycles. The van der Waals surface area contributed by atoms with E-state index >= 15 is 0 Å². The summed E-state index contributed by atoms with van der Waals surface area (Å²) in [6.07, 6.45) is 6.03. The molecule has 5 atom stereocenters. The normalized spacial score (nSPS) is 35.8. The predicted octanol–water partition coefficient (Wildman–Crippen LogP) is 1.24. The first-order chi connectivity index (χ1) is 14.4. The van der Waals surface area contributed by atoms with Crippen molar-refractivity contribution < 1.29 is 24.2 Å². The van der Waals surface area contributed by atoms with Crippen LogP contribution in [0.3, 0.4) is 0 Å². The summed E-state index contributed by atoms with van der Waals surface area (Å²) in [6, 6.07) is -0.600. The second-order valence-corrected chi connectivity index (χ2v) is 9.30. The Kier molecular flexibility index (Phi) is 6.08. The van der Waals surface area contributed by atoms with Crippen molar-refractivity contribution in [1.82, 2.24) is 15.1 Å². The fourth-order valence-electron chi connectivity index (χ4n) is 6.29. The van der Waals surface area contributed by atoms with Gasteiger partial charge in [-0.05, 0) is 38.8 Å². The molecule has 168 valence electrons. The number of ether oxygens (including phenoxy) is 1. The summed E-state index contributed by atoms with van der Waals surface area (Å²) < 4.78 is 6.22. The summed E-state index contributed by atoms with van der Waals surface area (Å²) in [6.45, 7) is 6.95. The molecule has 5 unspecified atom stereocenters. The van der Waals surface area contributed by atoms with Crippen molar-refractivity contribution in [3.63, 3.8) is 0 Å². The first kappa shape index (κ1) is 21.6. The first-order valence-corrected chi connectivity index (χ1v) is 11.7. The van der Waals surface area contributed by atoms with Gasteiger partial charge in [-0.25, -0.2) is 0 Å². The van der Waals surface area contributed by atoms with Gasteiger partial charge < -0.3 is 25.0 Å². The van der Waals surface area contributed by atoms with Gasteiger partial charge in [0.05, 0.1) is 17.9 Å². The SMILES string of the molecule is CCN(CC)CCN1C(=O)C2C(C(=O)O)C3CCC2(O3)C1C(=O)NC1CCCCC1. The van der Waals surface area contributed by atoms with Crippen LogP contribution in [0, 0.1) is 11.8 Å². The van der Waals surface area contributed by atoms with Gasteiger partial charge in [0.25, 0.3) is 0 Å². The summed E-state index contributed by atoms with van der Waals surface area (Å²) in [5.41, 5.74) is -0.993. The van der Waals surface area contributed by atoms with E-state index < -0.39 is 35.6 Å². The van der Waals surface area contributed by atoms with Crippen LogP contribution < -0.4 is 5.32 Å². The number of nitrogens with zero attached hydrogens (tertiary/aromatic N) is 2. The van der Waals surface area contributed by atoms with Gasteiger partial charge in [-0.15, -0.1) is 0 Å². The average molecular weight is 422 g/mol. The number of likely N-dealkylation sites (N-methyl/N-ethyl adjacent to an activating group) is 1. The topological polar surface area (TPSA) is 99.2 Å². The number of fused-ring (bicyclic) bond motifs is 1. The Morgan fingerprint density at radius 1 is 1.20 bits per heavy atom. The zero-order chi connectivity index (χ0) is 21.5. The van der Waals surface area contributed by atoms with E-state index in [1.165, 1.54) is 6.42 Å². The molecule has 8 heteroatoms. The molecule has 3 saturated heterocycles. The predicted molar refractivity (Wildman–Crippen MR) is 110 cm³/mol. The van der Waals surface area contributed by atoms with Crippen molar-refractivity contribution in [3.05, 3.63) is 0 Å². The number of nitrogens with one attached hydrogen (secondary N) is 1. The molecule has 4 rings (SSSR count). The summed E-state index contributed by atoms with van der Waals surface area (Å²) >= 11 is 0. The molecule has 4 fully saturated rings. The first-order valence-electron chi connectivity index (χ1n) is 11.7. The van der Waals surface area contributed by atoms with E-state index in [2.05, 4.69) is 24.1 Å². The van der Waals surface area contributed by atoms with Gasteiger partial charge in [0.1, 0.15) is 11.6 Å². The molecule has 1 spiro atoms. The van der Waals surface area contributed by atoms with Crippen molar-refractivity contribution >= 4 is 17.8 Å². The van der Waals surface area contributed by atoms with Crippen molar-refractivity contribution in [1.29, 1.82) is 0 Å². The van der Waals surface area contributed by atoms with E-state index in [9.17, 15) is 19.5 Å². The van der Waals surface area contributed by atoms with E-state index in [-0.39, 0.29) is 17.9 Å². The minimum Gasteiger partial charge on any atom is -0.481 e. The van der Waals surface area contributed by atoms with Crippen LogP contribution in [0.15, 0.2) is 0 Å². The fourth-order valence-corrected chi connectivity index (χ4v) is 6.29. The highest BCUT2D eigenvalue weighted by Gasteiger charge is 2.74. The van der Waals surface area contributed by atoms with E-state index in [1.807, 2.05) is 0 Å². The maximum atomic E-state index is 13.5. The monoisotopic (exact) mass is 421 g/mol. The molecule has 2 bridgehead atoms. The summed E-state index contributed by atoms with van der Waals surface area (Å²) in [7, 11) is 0. The number of aliphatic carboxylic acids is 1. The molecule has 2 N–H and O–H groups in total. The van der Waals surface area contributed by atoms with Crippen molar-refractivity contribution in [2.45, 2.75) is 82.6 Å². The van der Waals surface area contributed by atoms with Gasteiger partial charge in [-0.1, -0.05) is 33.1 Å². The number of carbonyl (C=O) groups excluding carboxylic acids is 2. The molecule has 8 nitrogen and oxygen atoms in total. The Morgan fingerprint density at radius 2 is 1.90 bits per heavy atom. The molecule has 0 aromatic rings. The zero-order valence-electron chi connectivity index (χ0n) is 18.1. The highest BCUT2D eigenvalue weighted by atomic mass is 16.5. The number of rotatable bonds is 8. The largest absolute Gasteiger partial charge is 0.481 e. The molecule has 3 aliphatic heterocycles. The molecule has 2 amide bonds. The summed E-state index contributed by atoms with van der Waals surface area (Å²) in [5, 5.41) is 13.0. The fraction of sp³-hybridized carbons (Fsp3) is 0.864. The second kappa shape index (κ2) is 8.46. The third kappa shape index (κ3) is 3.42. The molecule has 3 heterocycles. The zero-order valence-corrected chi connectivity index (χ0v) is 18.1. The Labute approximate surface area is 178 Å². The quantitative estimate of drug-likeness (QED) is 0.612. The van der Waals surface area contributed by atoms with Crippen molar-refractivity contribution in [2.75, 3.05) is 26.2 Å². The standard InChI is InChI=1S/C22H35N3O5/c1-3-24(4-2)12-13-25-18(19(26)23-14-8-6-5-7-9-14)22-11-10-15(30-22)16(21(28)29)17(22)20(25)27/h14-18H,3-13H2,1-2H3,(H,23,26)(H,28,29). The lowest BCUT2D eigenvalue weighted by Crippen LogP contribution is -2.57. The molecule has 0 aromatic carbocycles. The number of likely N-dealkylation sites (tertiary alicyclic amines) is 1. The molecule has 30 heavy (non-hydrogen) atoms. The highest BCUT2D eigenvalue weighted by Crippen LogP contribution is 2.58. The summed E-state index contributed by atoms with van der Waals surface area (Å²) in [4.78, 5) is 42.8. The van der Waals surface area contributed by atoms with Crippen LogP contribution in [0.1, 0.15) is 58.8 Å². The minimum absolute atomic E-state index is 0.135. The Morgan fingerprint density at radius 3 is 2.53 bits per heavy atom. The van der Waals surface area contributed by atoms with Gasteiger partial charge in [-0.3, -0.25) is 14.4 Å². The Hall–Kier alpha value is -1.67. The molecular weight excluding hydrogens is 386 g/mol.